The van der Waals surface area contributed by atoms with Gasteiger partial charge in [-0.3, -0.25) is 4.79 Å². The van der Waals surface area contributed by atoms with Crippen LogP contribution in [-0.2, 0) is 22.3 Å². The van der Waals surface area contributed by atoms with Crippen molar-refractivity contribution in [1.82, 2.24) is 15.5 Å². The Hall–Kier alpha value is -2.29. The highest BCUT2D eigenvalue weighted by atomic mass is 19.4. The highest BCUT2D eigenvalue weighted by Crippen LogP contribution is 2.29. The van der Waals surface area contributed by atoms with Gasteiger partial charge in [0.25, 0.3) is 0 Å². The Kier molecular flexibility index (Phi) is 8.75. The Morgan fingerprint density at radius 1 is 1.28 bits per heavy atom. The van der Waals surface area contributed by atoms with Gasteiger partial charge in [0.05, 0.1) is 18.7 Å². The second-order valence-electron chi connectivity index (χ2n) is 7.30. The van der Waals surface area contributed by atoms with E-state index in [9.17, 15) is 18.0 Å². The smallest absolute Gasteiger partial charge is 0.381 e. The van der Waals surface area contributed by atoms with Crippen LogP contribution in [-0.4, -0.2) is 57.2 Å². The van der Waals surface area contributed by atoms with Gasteiger partial charge < -0.3 is 20.3 Å². The molecule has 0 atom stereocenters. The summed E-state index contributed by atoms with van der Waals surface area (Å²) in [5.74, 6) is 0.956. The number of benzene rings is 1. The minimum Gasteiger partial charge on any atom is -0.381 e. The molecule has 0 spiro atoms. The molecule has 1 saturated carbocycles. The first kappa shape index (κ1) is 23.0. The van der Waals surface area contributed by atoms with E-state index in [0.29, 0.717) is 30.6 Å². The van der Waals surface area contributed by atoms with Crippen molar-refractivity contribution in [2.24, 2.45) is 10.9 Å². The van der Waals surface area contributed by atoms with Crippen molar-refractivity contribution in [3.8, 4) is 0 Å². The van der Waals surface area contributed by atoms with Gasteiger partial charge in [0.1, 0.15) is 0 Å². The number of guanidine groups is 1. The SMILES string of the molecule is CN(C)C(=O)CNC(=NCc1cccc(C(F)(F)F)c1)NCCCOCC1CC1. The molecular weight excluding hydrogens is 385 g/mol. The second-order valence-corrected chi connectivity index (χ2v) is 7.30. The monoisotopic (exact) mass is 414 g/mol. The fourth-order valence-corrected chi connectivity index (χ4v) is 2.42. The van der Waals surface area contributed by atoms with Gasteiger partial charge in [-0.25, -0.2) is 4.99 Å². The van der Waals surface area contributed by atoms with Gasteiger partial charge in [0, 0.05) is 33.9 Å². The molecule has 0 aliphatic heterocycles. The molecule has 0 unspecified atom stereocenters. The van der Waals surface area contributed by atoms with Crippen LogP contribution >= 0.6 is 0 Å². The first-order valence-electron chi connectivity index (χ1n) is 9.72. The van der Waals surface area contributed by atoms with Crippen LogP contribution < -0.4 is 10.6 Å². The highest BCUT2D eigenvalue weighted by molar-refractivity contribution is 5.86. The average molecular weight is 414 g/mol. The topological polar surface area (TPSA) is 66.0 Å². The Morgan fingerprint density at radius 3 is 2.69 bits per heavy atom. The van der Waals surface area contributed by atoms with E-state index in [1.54, 1.807) is 20.2 Å². The fraction of sp³-hybridized carbons (Fsp3) is 0.600. The van der Waals surface area contributed by atoms with E-state index in [2.05, 4.69) is 15.6 Å². The number of amides is 1. The van der Waals surface area contributed by atoms with Crippen molar-refractivity contribution < 1.29 is 22.7 Å². The number of aliphatic imine (C=N–C) groups is 1. The van der Waals surface area contributed by atoms with Gasteiger partial charge >= 0.3 is 6.18 Å². The molecule has 6 nitrogen and oxygen atoms in total. The predicted molar refractivity (Wildman–Crippen MR) is 105 cm³/mol. The maximum atomic E-state index is 12.9. The van der Waals surface area contributed by atoms with Crippen molar-refractivity contribution in [3.63, 3.8) is 0 Å². The lowest BCUT2D eigenvalue weighted by atomic mass is 10.1. The van der Waals surface area contributed by atoms with Crippen molar-refractivity contribution in [2.45, 2.75) is 32.0 Å². The number of alkyl halides is 3. The quantitative estimate of drug-likeness (QED) is 0.351. The summed E-state index contributed by atoms with van der Waals surface area (Å²) < 4.78 is 44.2. The molecule has 1 aromatic carbocycles. The third kappa shape index (κ3) is 9.17. The molecule has 0 aromatic heterocycles. The van der Waals surface area contributed by atoms with Crippen LogP contribution in [0.5, 0.6) is 0 Å². The number of ether oxygens (including phenoxy) is 1. The minimum absolute atomic E-state index is 0.0413. The average Bonchev–Trinajstić information content (AvgIpc) is 3.49. The molecule has 29 heavy (non-hydrogen) atoms. The summed E-state index contributed by atoms with van der Waals surface area (Å²) in [7, 11) is 3.29. The van der Waals surface area contributed by atoms with Gasteiger partial charge in [0.2, 0.25) is 5.91 Å². The molecule has 1 aliphatic carbocycles. The van der Waals surface area contributed by atoms with Crippen LogP contribution in [0.1, 0.15) is 30.4 Å². The summed E-state index contributed by atoms with van der Waals surface area (Å²) in [4.78, 5) is 17.6. The van der Waals surface area contributed by atoms with Gasteiger partial charge in [-0.1, -0.05) is 12.1 Å². The Labute approximate surface area is 169 Å². The molecule has 1 aliphatic rings. The normalized spacial score (nSPS) is 14.6. The molecule has 9 heteroatoms. The van der Waals surface area contributed by atoms with E-state index < -0.39 is 11.7 Å². The maximum absolute atomic E-state index is 12.9. The number of carbonyl (C=O) groups is 1. The van der Waals surface area contributed by atoms with Gasteiger partial charge in [-0.05, 0) is 42.9 Å². The number of hydrogen-bond donors (Lipinski definition) is 2. The Balaban J connectivity index is 1.88. The van der Waals surface area contributed by atoms with Gasteiger partial charge in [-0.15, -0.1) is 0 Å². The summed E-state index contributed by atoms with van der Waals surface area (Å²) in [6.45, 7) is 2.11. The molecule has 0 heterocycles. The lowest BCUT2D eigenvalue weighted by Gasteiger charge is -2.15. The molecule has 1 amide bonds. The summed E-state index contributed by atoms with van der Waals surface area (Å²) in [5, 5.41) is 6.02. The standard InChI is InChI=1S/C20H29F3N4O2/c1-27(2)18(28)13-26-19(24-9-4-10-29-14-15-7-8-15)25-12-16-5-3-6-17(11-16)20(21,22)23/h3,5-6,11,15H,4,7-10,12-14H2,1-2H3,(H2,24,25,26). The first-order valence-corrected chi connectivity index (χ1v) is 9.72. The van der Waals surface area contributed by atoms with E-state index in [1.807, 2.05) is 0 Å². The van der Waals surface area contributed by atoms with Gasteiger partial charge in [-0.2, -0.15) is 13.2 Å². The van der Waals surface area contributed by atoms with E-state index >= 15 is 0 Å². The van der Waals surface area contributed by atoms with Crippen LogP contribution in [0.15, 0.2) is 29.3 Å². The van der Waals surface area contributed by atoms with Crippen molar-refractivity contribution >= 4 is 11.9 Å². The van der Waals surface area contributed by atoms with Crippen LogP contribution in [0, 0.1) is 5.92 Å². The number of hydrogen-bond acceptors (Lipinski definition) is 3. The molecule has 162 valence electrons. The number of carbonyl (C=O) groups excluding carboxylic acids is 1. The van der Waals surface area contributed by atoms with E-state index in [0.717, 1.165) is 25.2 Å². The summed E-state index contributed by atoms with van der Waals surface area (Å²) >= 11 is 0. The van der Waals surface area contributed by atoms with E-state index in [4.69, 9.17) is 4.74 Å². The van der Waals surface area contributed by atoms with E-state index in [1.165, 1.54) is 23.8 Å². The maximum Gasteiger partial charge on any atom is 0.416 e. The highest BCUT2D eigenvalue weighted by Gasteiger charge is 2.30. The van der Waals surface area contributed by atoms with Crippen molar-refractivity contribution in [2.75, 3.05) is 40.4 Å². The summed E-state index contributed by atoms with van der Waals surface area (Å²) in [6.07, 6.45) is -1.14. The number of nitrogens with one attached hydrogen (secondary N) is 2. The lowest BCUT2D eigenvalue weighted by Crippen LogP contribution is -2.43. The Morgan fingerprint density at radius 2 is 2.03 bits per heavy atom. The third-order valence-electron chi connectivity index (χ3n) is 4.39. The minimum atomic E-state index is -4.39. The van der Waals surface area contributed by atoms with Gasteiger partial charge in [0.15, 0.2) is 5.96 Å². The zero-order chi connectivity index (χ0) is 21.3. The lowest BCUT2D eigenvalue weighted by molar-refractivity contribution is -0.137. The van der Waals surface area contributed by atoms with Crippen LogP contribution in [0.2, 0.25) is 0 Å². The number of halogens is 3. The van der Waals surface area contributed by atoms with E-state index in [-0.39, 0.29) is 19.0 Å². The predicted octanol–water partition coefficient (Wildman–Crippen LogP) is 2.65. The molecule has 1 fully saturated rings. The van der Waals surface area contributed by atoms with Crippen molar-refractivity contribution in [1.29, 1.82) is 0 Å². The summed E-state index contributed by atoms with van der Waals surface area (Å²) in [5.41, 5.74) is -0.268. The number of likely N-dealkylation sites (N-methyl/N-ethyl adjacent to an activating group) is 1. The first-order chi connectivity index (χ1) is 13.8. The molecule has 0 saturated heterocycles. The zero-order valence-corrected chi connectivity index (χ0v) is 16.9. The van der Waals surface area contributed by atoms with Crippen molar-refractivity contribution in [3.05, 3.63) is 35.4 Å². The molecule has 2 rings (SSSR count). The van der Waals surface area contributed by atoms with Crippen LogP contribution in [0.4, 0.5) is 13.2 Å². The summed E-state index contributed by atoms with van der Waals surface area (Å²) in [6, 6.07) is 5.06. The third-order valence-corrected chi connectivity index (χ3v) is 4.39. The fourth-order valence-electron chi connectivity index (χ4n) is 2.42. The van der Waals surface area contributed by atoms with Crippen LogP contribution in [0.3, 0.4) is 0 Å². The largest absolute Gasteiger partial charge is 0.416 e. The number of nitrogens with zero attached hydrogens (tertiary/aromatic N) is 2. The molecule has 2 N–H and O–H groups in total. The molecule has 1 aromatic rings. The molecular formula is C20H29F3N4O2. The second kappa shape index (κ2) is 11.0. The Bertz CT molecular complexity index is 689. The zero-order valence-electron chi connectivity index (χ0n) is 16.9. The number of rotatable bonds is 10. The molecule has 0 bridgehead atoms. The van der Waals surface area contributed by atoms with Crippen LogP contribution in [0.25, 0.3) is 0 Å². The molecule has 0 radical (unpaired) electrons.